The molecule has 1 saturated heterocycles. The minimum absolute atomic E-state index is 0.102. The number of nitrogens with one attached hydrogen (secondary N) is 1. The van der Waals surface area contributed by atoms with Crippen LogP contribution in [0.2, 0.25) is 0 Å². The Balaban J connectivity index is 1.31. The number of carbonyl (C=O) groups is 1. The van der Waals surface area contributed by atoms with Crippen LogP contribution in [0.3, 0.4) is 0 Å². The van der Waals surface area contributed by atoms with Crippen LogP contribution in [0.15, 0.2) is 60.8 Å². The number of aryl methyl sites for hydroxylation is 1. The van der Waals surface area contributed by atoms with Crippen molar-refractivity contribution in [2.75, 3.05) is 13.1 Å². The van der Waals surface area contributed by atoms with Gasteiger partial charge in [0.1, 0.15) is 0 Å². The molecule has 0 bridgehead atoms. The Hall–Kier alpha value is -2.59. The number of aromatic nitrogens is 1. The van der Waals surface area contributed by atoms with Crippen LogP contribution in [0, 0.1) is 0 Å². The molecule has 1 amide bonds. The van der Waals surface area contributed by atoms with Gasteiger partial charge in [-0.15, -0.1) is 0 Å². The standard InChI is InChI=1S/C24H29N3O/c28-24(13-17-27-16-12-20-8-4-5-11-23(20)27)25-18-21-9-2-3-10-22(21)19-26-14-6-1-7-15-26/h2-5,8-12,16H,1,6-7,13-15,17-19H2,(H,25,28). The molecule has 0 spiro atoms. The van der Waals surface area contributed by atoms with Crippen LogP contribution in [0.1, 0.15) is 36.8 Å². The van der Waals surface area contributed by atoms with E-state index < -0.39 is 0 Å². The quantitative estimate of drug-likeness (QED) is 0.667. The van der Waals surface area contributed by atoms with Gasteiger partial charge in [0.05, 0.1) is 0 Å². The fourth-order valence-electron chi connectivity index (χ4n) is 4.08. The average molecular weight is 376 g/mol. The van der Waals surface area contributed by atoms with Gasteiger partial charge < -0.3 is 9.88 Å². The molecule has 1 fully saturated rings. The van der Waals surface area contributed by atoms with Gasteiger partial charge in [0.15, 0.2) is 0 Å². The Bertz CT molecular complexity index is 924. The molecule has 146 valence electrons. The minimum atomic E-state index is 0.102. The van der Waals surface area contributed by atoms with E-state index in [1.165, 1.54) is 54.4 Å². The predicted molar refractivity (Wildman–Crippen MR) is 114 cm³/mol. The Morgan fingerprint density at radius 1 is 0.893 bits per heavy atom. The summed E-state index contributed by atoms with van der Waals surface area (Å²) in [5.74, 6) is 0.102. The van der Waals surface area contributed by atoms with Gasteiger partial charge in [0.25, 0.3) is 0 Å². The molecule has 0 saturated carbocycles. The summed E-state index contributed by atoms with van der Waals surface area (Å²) in [5, 5.41) is 4.33. The van der Waals surface area contributed by atoms with Crippen molar-refractivity contribution in [2.24, 2.45) is 0 Å². The van der Waals surface area contributed by atoms with Gasteiger partial charge in [0, 0.05) is 37.8 Å². The third-order valence-electron chi connectivity index (χ3n) is 5.70. The second-order valence-corrected chi connectivity index (χ2v) is 7.70. The highest BCUT2D eigenvalue weighted by molar-refractivity contribution is 5.80. The lowest BCUT2D eigenvalue weighted by Gasteiger charge is -2.27. The first-order valence-electron chi connectivity index (χ1n) is 10.4. The smallest absolute Gasteiger partial charge is 0.222 e. The fraction of sp³-hybridized carbons (Fsp3) is 0.375. The SMILES string of the molecule is O=C(CCn1ccc2ccccc21)NCc1ccccc1CN1CCCCC1. The topological polar surface area (TPSA) is 37.3 Å². The molecule has 1 aliphatic rings. The molecule has 4 nitrogen and oxygen atoms in total. The summed E-state index contributed by atoms with van der Waals surface area (Å²) in [6.07, 6.45) is 6.50. The maximum absolute atomic E-state index is 12.4. The molecule has 28 heavy (non-hydrogen) atoms. The molecule has 4 rings (SSSR count). The van der Waals surface area contributed by atoms with Crippen molar-refractivity contribution in [1.82, 2.24) is 14.8 Å². The highest BCUT2D eigenvalue weighted by atomic mass is 16.1. The number of nitrogens with zero attached hydrogens (tertiary/aromatic N) is 2. The van der Waals surface area contributed by atoms with E-state index in [4.69, 9.17) is 0 Å². The maximum Gasteiger partial charge on any atom is 0.222 e. The van der Waals surface area contributed by atoms with Crippen LogP contribution < -0.4 is 5.32 Å². The second kappa shape index (κ2) is 9.07. The number of carbonyl (C=O) groups excluding carboxylic acids is 1. The van der Waals surface area contributed by atoms with Crippen LogP contribution in [-0.4, -0.2) is 28.5 Å². The van der Waals surface area contributed by atoms with E-state index in [0.29, 0.717) is 19.5 Å². The first-order valence-corrected chi connectivity index (χ1v) is 10.4. The molecule has 3 aromatic rings. The van der Waals surface area contributed by atoms with E-state index in [0.717, 1.165) is 6.54 Å². The van der Waals surface area contributed by atoms with E-state index in [1.54, 1.807) is 0 Å². The number of likely N-dealkylation sites (tertiary alicyclic amines) is 1. The Morgan fingerprint density at radius 3 is 2.50 bits per heavy atom. The highest BCUT2D eigenvalue weighted by Crippen LogP contribution is 2.17. The monoisotopic (exact) mass is 375 g/mol. The number of hydrogen-bond donors (Lipinski definition) is 1. The van der Waals surface area contributed by atoms with Crippen molar-refractivity contribution in [3.05, 3.63) is 71.9 Å². The summed E-state index contributed by atoms with van der Waals surface area (Å²) < 4.78 is 2.15. The molecule has 2 heterocycles. The number of piperidine rings is 1. The van der Waals surface area contributed by atoms with Crippen molar-refractivity contribution in [1.29, 1.82) is 0 Å². The maximum atomic E-state index is 12.4. The third-order valence-corrected chi connectivity index (χ3v) is 5.70. The van der Waals surface area contributed by atoms with E-state index in [-0.39, 0.29) is 5.91 Å². The minimum Gasteiger partial charge on any atom is -0.352 e. The summed E-state index contributed by atoms with van der Waals surface area (Å²) in [6, 6.07) is 18.9. The van der Waals surface area contributed by atoms with Crippen LogP contribution in [0.5, 0.6) is 0 Å². The van der Waals surface area contributed by atoms with Gasteiger partial charge in [0.2, 0.25) is 5.91 Å². The summed E-state index contributed by atoms with van der Waals surface area (Å²) in [6.45, 7) is 4.67. The third kappa shape index (κ3) is 4.63. The molecule has 0 unspecified atom stereocenters. The van der Waals surface area contributed by atoms with Gasteiger partial charge in [-0.25, -0.2) is 0 Å². The second-order valence-electron chi connectivity index (χ2n) is 7.70. The van der Waals surface area contributed by atoms with Crippen molar-refractivity contribution in [3.63, 3.8) is 0 Å². The van der Waals surface area contributed by atoms with Crippen LogP contribution in [0.4, 0.5) is 0 Å². The number of benzene rings is 2. The van der Waals surface area contributed by atoms with Gasteiger partial charge >= 0.3 is 0 Å². The molecular formula is C24H29N3O. The lowest BCUT2D eigenvalue weighted by atomic mass is 10.0. The molecule has 1 aliphatic heterocycles. The molecule has 0 radical (unpaired) electrons. The number of rotatable bonds is 7. The van der Waals surface area contributed by atoms with E-state index in [9.17, 15) is 4.79 Å². The molecule has 0 atom stereocenters. The van der Waals surface area contributed by atoms with Gasteiger partial charge in [-0.1, -0.05) is 48.9 Å². The fourth-order valence-corrected chi connectivity index (χ4v) is 4.08. The first-order chi connectivity index (χ1) is 13.8. The first kappa shape index (κ1) is 18.8. The number of amides is 1. The molecule has 1 N–H and O–H groups in total. The van der Waals surface area contributed by atoms with E-state index >= 15 is 0 Å². The van der Waals surface area contributed by atoms with Crippen molar-refractivity contribution in [2.45, 2.75) is 45.3 Å². The Morgan fingerprint density at radius 2 is 1.64 bits per heavy atom. The zero-order chi connectivity index (χ0) is 19.2. The molecule has 1 aromatic heterocycles. The van der Waals surface area contributed by atoms with E-state index in [1.807, 2.05) is 12.1 Å². The zero-order valence-corrected chi connectivity index (χ0v) is 16.4. The lowest BCUT2D eigenvalue weighted by molar-refractivity contribution is -0.121. The molecule has 0 aliphatic carbocycles. The number of para-hydroxylation sites is 1. The number of fused-ring (bicyclic) bond motifs is 1. The Labute approximate surface area is 167 Å². The summed E-state index contributed by atoms with van der Waals surface area (Å²) in [7, 11) is 0. The van der Waals surface area contributed by atoms with Gasteiger partial charge in [-0.05, 0) is 54.6 Å². The van der Waals surface area contributed by atoms with Gasteiger partial charge in [-0.2, -0.15) is 0 Å². The lowest BCUT2D eigenvalue weighted by Crippen LogP contribution is -2.30. The van der Waals surface area contributed by atoms with Crippen molar-refractivity contribution < 1.29 is 4.79 Å². The van der Waals surface area contributed by atoms with Crippen molar-refractivity contribution >= 4 is 16.8 Å². The van der Waals surface area contributed by atoms with Crippen molar-refractivity contribution in [3.8, 4) is 0 Å². The summed E-state index contributed by atoms with van der Waals surface area (Å²) in [5.41, 5.74) is 3.75. The van der Waals surface area contributed by atoms with Crippen LogP contribution in [-0.2, 0) is 24.4 Å². The normalized spacial score (nSPS) is 15.0. The largest absolute Gasteiger partial charge is 0.352 e. The van der Waals surface area contributed by atoms with Crippen LogP contribution >= 0.6 is 0 Å². The van der Waals surface area contributed by atoms with E-state index in [2.05, 4.69) is 63.4 Å². The molecule has 4 heteroatoms. The molecular weight excluding hydrogens is 346 g/mol. The zero-order valence-electron chi connectivity index (χ0n) is 16.4. The summed E-state index contributed by atoms with van der Waals surface area (Å²) >= 11 is 0. The molecule has 2 aromatic carbocycles. The number of hydrogen-bond acceptors (Lipinski definition) is 2. The van der Waals surface area contributed by atoms with Gasteiger partial charge in [-0.3, -0.25) is 9.69 Å². The highest BCUT2D eigenvalue weighted by Gasteiger charge is 2.13. The predicted octanol–water partition coefficient (Wildman–Crippen LogP) is 4.33. The van der Waals surface area contributed by atoms with Crippen LogP contribution in [0.25, 0.3) is 10.9 Å². The Kier molecular flexibility index (Phi) is 6.07. The average Bonchev–Trinajstić information content (AvgIpc) is 3.15. The summed E-state index contributed by atoms with van der Waals surface area (Å²) in [4.78, 5) is 14.9.